The summed E-state index contributed by atoms with van der Waals surface area (Å²) in [7, 11) is 0. The Balaban J connectivity index is 1.40. The fourth-order valence-electron chi connectivity index (χ4n) is 3.46. The van der Waals surface area contributed by atoms with E-state index in [1.165, 1.54) is 0 Å². The van der Waals surface area contributed by atoms with Crippen LogP contribution >= 0.6 is 11.6 Å². The fourth-order valence-corrected chi connectivity index (χ4v) is 3.65. The van der Waals surface area contributed by atoms with E-state index < -0.39 is 0 Å². The molecule has 2 aliphatic heterocycles. The van der Waals surface area contributed by atoms with Crippen LogP contribution in [0, 0.1) is 5.92 Å². The molecule has 5 nitrogen and oxygen atoms in total. The number of oxazole rings is 1. The lowest BCUT2D eigenvalue weighted by Gasteiger charge is -2.33. The van der Waals surface area contributed by atoms with Crippen LogP contribution in [0.15, 0.2) is 34.9 Å². The summed E-state index contributed by atoms with van der Waals surface area (Å²) in [6.45, 7) is 4.15. The van der Waals surface area contributed by atoms with Crippen LogP contribution in [0.3, 0.4) is 0 Å². The summed E-state index contributed by atoms with van der Waals surface area (Å²) in [6, 6.07) is 7.62. The number of hydrogen-bond donors (Lipinski definition) is 0. The largest absolute Gasteiger partial charge is 0.439 e. The van der Waals surface area contributed by atoms with Crippen molar-refractivity contribution in [3.8, 4) is 11.3 Å². The number of piperidine rings is 1. The number of nitrogens with zero attached hydrogens (tertiary/aromatic N) is 2. The van der Waals surface area contributed by atoms with E-state index in [2.05, 4.69) is 9.88 Å². The van der Waals surface area contributed by atoms with Crippen molar-refractivity contribution in [3.63, 3.8) is 0 Å². The Morgan fingerprint density at radius 1 is 1.25 bits per heavy atom. The zero-order valence-corrected chi connectivity index (χ0v) is 14.2. The van der Waals surface area contributed by atoms with Crippen molar-refractivity contribution in [3.05, 3.63) is 41.4 Å². The molecule has 6 heteroatoms. The van der Waals surface area contributed by atoms with Crippen molar-refractivity contribution in [2.24, 2.45) is 5.92 Å². The zero-order valence-electron chi connectivity index (χ0n) is 13.5. The van der Waals surface area contributed by atoms with Gasteiger partial charge < -0.3 is 13.9 Å². The third kappa shape index (κ3) is 3.64. The molecule has 1 atom stereocenters. The molecule has 0 spiro atoms. The average Bonchev–Trinajstić information content (AvgIpc) is 3.27. The molecule has 0 aliphatic carbocycles. The van der Waals surface area contributed by atoms with Gasteiger partial charge in [-0.1, -0.05) is 23.7 Å². The van der Waals surface area contributed by atoms with Crippen molar-refractivity contribution >= 4 is 11.6 Å². The molecule has 1 unspecified atom stereocenters. The van der Waals surface area contributed by atoms with Crippen LogP contribution in [0.25, 0.3) is 11.3 Å². The summed E-state index contributed by atoms with van der Waals surface area (Å²) in [5, 5.41) is 0.695. The Kier molecular flexibility index (Phi) is 4.85. The van der Waals surface area contributed by atoms with Gasteiger partial charge in [0.1, 0.15) is 0 Å². The SMILES string of the molecule is Clc1cccc(-c2cnc(CN3CCCC(C4OCCO4)C3)o2)c1. The Morgan fingerprint density at radius 2 is 2.12 bits per heavy atom. The normalized spacial score (nSPS) is 23.0. The van der Waals surface area contributed by atoms with Gasteiger partial charge in [0.25, 0.3) is 0 Å². The number of rotatable bonds is 4. The summed E-state index contributed by atoms with van der Waals surface area (Å²) < 4.78 is 17.2. The highest BCUT2D eigenvalue weighted by Crippen LogP contribution is 2.27. The molecule has 0 bridgehead atoms. The van der Waals surface area contributed by atoms with E-state index in [9.17, 15) is 0 Å². The Hall–Kier alpha value is -1.40. The van der Waals surface area contributed by atoms with Gasteiger partial charge in [-0.05, 0) is 31.5 Å². The number of likely N-dealkylation sites (tertiary alicyclic amines) is 1. The smallest absolute Gasteiger partial charge is 0.209 e. The fraction of sp³-hybridized carbons (Fsp3) is 0.500. The van der Waals surface area contributed by atoms with Gasteiger partial charge in [-0.25, -0.2) is 4.98 Å². The minimum absolute atomic E-state index is 0.0422. The molecule has 2 fully saturated rings. The molecule has 4 rings (SSSR count). The quantitative estimate of drug-likeness (QED) is 0.845. The first kappa shape index (κ1) is 16.1. The molecular formula is C18H21ClN2O3. The summed E-state index contributed by atoms with van der Waals surface area (Å²) >= 11 is 6.04. The van der Waals surface area contributed by atoms with E-state index in [-0.39, 0.29) is 6.29 Å². The first-order chi connectivity index (χ1) is 11.8. The first-order valence-electron chi connectivity index (χ1n) is 8.44. The lowest BCUT2D eigenvalue weighted by Crippen LogP contribution is -2.40. The van der Waals surface area contributed by atoms with Crippen molar-refractivity contribution in [1.82, 2.24) is 9.88 Å². The second kappa shape index (κ2) is 7.23. The highest BCUT2D eigenvalue weighted by molar-refractivity contribution is 6.30. The average molecular weight is 349 g/mol. The monoisotopic (exact) mass is 348 g/mol. The minimum atomic E-state index is -0.0422. The van der Waals surface area contributed by atoms with Crippen LogP contribution in [0.2, 0.25) is 5.02 Å². The Bertz CT molecular complexity index is 684. The van der Waals surface area contributed by atoms with Gasteiger partial charge in [-0.2, -0.15) is 0 Å². The number of halogens is 1. The van der Waals surface area contributed by atoms with Crippen LogP contribution in [0.4, 0.5) is 0 Å². The summed E-state index contributed by atoms with van der Waals surface area (Å²) in [5.41, 5.74) is 0.950. The van der Waals surface area contributed by atoms with Crippen LogP contribution in [-0.2, 0) is 16.0 Å². The van der Waals surface area contributed by atoms with Gasteiger partial charge in [0.05, 0.1) is 26.0 Å². The van der Waals surface area contributed by atoms with Crippen molar-refractivity contribution in [1.29, 1.82) is 0 Å². The molecule has 24 heavy (non-hydrogen) atoms. The van der Waals surface area contributed by atoms with E-state index in [1.807, 2.05) is 24.3 Å². The van der Waals surface area contributed by atoms with E-state index in [1.54, 1.807) is 6.20 Å². The number of ether oxygens (including phenoxy) is 2. The molecule has 0 radical (unpaired) electrons. The predicted octanol–water partition coefficient (Wildman–Crippen LogP) is 3.58. The van der Waals surface area contributed by atoms with Gasteiger partial charge in [0.2, 0.25) is 5.89 Å². The number of benzene rings is 1. The van der Waals surface area contributed by atoms with Crippen LogP contribution in [-0.4, -0.2) is 42.5 Å². The minimum Gasteiger partial charge on any atom is -0.439 e. The molecule has 2 aromatic rings. The van der Waals surface area contributed by atoms with Crippen molar-refractivity contribution < 1.29 is 13.9 Å². The molecule has 0 saturated carbocycles. The van der Waals surface area contributed by atoms with E-state index >= 15 is 0 Å². The molecule has 0 amide bonds. The molecule has 0 N–H and O–H groups in total. The molecule has 3 heterocycles. The van der Waals surface area contributed by atoms with E-state index in [4.69, 9.17) is 25.5 Å². The lowest BCUT2D eigenvalue weighted by molar-refractivity contribution is -0.101. The third-order valence-electron chi connectivity index (χ3n) is 4.60. The van der Waals surface area contributed by atoms with Gasteiger partial charge in [-0.3, -0.25) is 4.90 Å². The predicted molar refractivity (Wildman–Crippen MR) is 90.6 cm³/mol. The second-order valence-corrected chi connectivity index (χ2v) is 6.81. The van der Waals surface area contributed by atoms with Gasteiger partial charge >= 0.3 is 0 Å². The highest BCUT2D eigenvalue weighted by Gasteiger charge is 2.31. The zero-order chi connectivity index (χ0) is 16.4. The van der Waals surface area contributed by atoms with E-state index in [0.717, 1.165) is 43.1 Å². The molecule has 2 aliphatic rings. The Morgan fingerprint density at radius 3 is 2.96 bits per heavy atom. The lowest BCUT2D eigenvalue weighted by atomic mass is 9.97. The van der Waals surface area contributed by atoms with Crippen molar-refractivity contribution in [2.75, 3.05) is 26.3 Å². The highest BCUT2D eigenvalue weighted by atomic mass is 35.5. The topological polar surface area (TPSA) is 47.7 Å². The molecule has 1 aromatic carbocycles. The first-order valence-corrected chi connectivity index (χ1v) is 8.82. The van der Waals surface area contributed by atoms with Gasteiger partial charge in [0, 0.05) is 23.0 Å². The summed E-state index contributed by atoms with van der Waals surface area (Å²) in [4.78, 5) is 6.79. The van der Waals surface area contributed by atoms with Crippen molar-refractivity contribution in [2.45, 2.75) is 25.7 Å². The standard InChI is InChI=1S/C18H21ClN2O3/c19-15-5-1-3-13(9-15)16-10-20-17(24-16)12-21-6-2-4-14(11-21)18-22-7-8-23-18/h1,3,5,9-10,14,18H,2,4,6-8,11-12H2. The molecule has 1 aromatic heterocycles. The number of aromatic nitrogens is 1. The van der Waals surface area contributed by atoms with Crippen LogP contribution in [0.1, 0.15) is 18.7 Å². The van der Waals surface area contributed by atoms with Crippen LogP contribution < -0.4 is 0 Å². The maximum absolute atomic E-state index is 6.04. The summed E-state index contributed by atoms with van der Waals surface area (Å²) in [6.07, 6.45) is 4.03. The van der Waals surface area contributed by atoms with Gasteiger partial charge in [0.15, 0.2) is 12.1 Å². The third-order valence-corrected chi connectivity index (χ3v) is 4.83. The number of hydrogen-bond acceptors (Lipinski definition) is 5. The molecular weight excluding hydrogens is 328 g/mol. The van der Waals surface area contributed by atoms with Crippen LogP contribution in [0.5, 0.6) is 0 Å². The van der Waals surface area contributed by atoms with E-state index in [0.29, 0.717) is 30.7 Å². The Labute approximate surface area is 146 Å². The summed E-state index contributed by atoms with van der Waals surface area (Å²) in [5.74, 6) is 1.92. The maximum Gasteiger partial charge on any atom is 0.209 e. The molecule has 2 saturated heterocycles. The molecule has 128 valence electrons. The second-order valence-electron chi connectivity index (χ2n) is 6.38. The maximum atomic E-state index is 6.04. The van der Waals surface area contributed by atoms with Gasteiger partial charge in [-0.15, -0.1) is 0 Å².